The molecule has 0 fully saturated rings. The normalized spacial score (nSPS) is 13.3. The van der Waals surface area contributed by atoms with Gasteiger partial charge in [-0.2, -0.15) is 0 Å². The molecule has 1 heterocycles. The van der Waals surface area contributed by atoms with Gasteiger partial charge < -0.3 is 0 Å². The van der Waals surface area contributed by atoms with E-state index in [2.05, 4.69) is 44.8 Å². The maximum atomic E-state index is 4.43. The third kappa shape index (κ3) is 3.17. The van der Waals surface area contributed by atoms with E-state index < -0.39 is 0 Å². The Bertz CT molecular complexity index is 248. The molecule has 0 saturated heterocycles. The van der Waals surface area contributed by atoms with Crippen molar-refractivity contribution < 1.29 is 0 Å². The highest BCUT2D eigenvalue weighted by Crippen LogP contribution is 2.20. The van der Waals surface area contributed by atoms with Crippen molar-refractivity contribution >= 4 is 0 Å². The molecule has 0 bridgehead atoms. The fourth-order valence-electron chi connectivity index (χ4n) is 1.60. The summed E-state index contributed by atoms with van der Waals surface area (Å²) in [5.74, 6) is 1.33. The molecule has 13 heavy (non-hydrogen) atoms. The van der Waals surface area contributed by atoms with Gasteiger partial charge in [0.05, 0.1) is 0 Å². The lowest BCUT2D eigenvalue weighted by molar-refractivity contribution is 0.516. The van der Waals surface area contributed by atoms with E-state index in [1.807, 2.05) is 6.20 Å². The molecule has 0 aliphatic heterocycles. The monoisotopic (exact) mass is 177 g/mol. The van der Waals surface area contributed by atoms with E-state index in [1.54, 1.807) is 0 Å². The summed E-state index contributed by atoms with van der Waals surface area (Å²) in [5.41, 5.74) is 2.46. The van der Waals surface area contributed by atoms with Crippen LogP contribution in [0.5, 0.6) is 0 Å². The lowest BCUT2D eigenvalue weighted by Crippen LogP contribution is -2.00. The number of aryl methyl sites for hydroxylation is 1. The standard InChI is InChI=1S/C12H19N/c1-9(2)7-11(4)12-6-5-10(3)8-13-12/h5-6,8-9,11H,7H2,1-4H3. The second-order valence-corrected chi connectivity index (χ2v) is 4.29. The molecule has 1 unspecified atom stereocenters. The zero-order valence-corrected chi connectivity index (χ0v) is 9.04. The number of nitrogens with zero attached hydrogens (tertiary/aromatic N) is 1. The fourth-order valence-corrected chi connectivity index (χ4v) is 1.60. The van der Waals surface area contributed by atoms with Gasteiger partial charge in [0.15, 0.2) is 0 Å². The molecule has 0 aliphatic carbocycles. The first kappa shape index (κ1) is 10.2. The summed E-state index contributed by atoms with van der Waals surface area (Å²) < 4.78 is 0. The molecule has 0 radical (unpaired) electrons. The van der Waals surface area contributed by atoms with Crippen LogP contribution in [-0.4, -0.2) is 4.98 Å². The van der Waals surface area contributed by atoms with Crippen molar-refractivity contribution in [2.45, 2.75) is 40.0 Å². The van der Waals surface area contributed by atoms with Crippen LogP contribution in [0.1, 0.15) is 44.4 Å². The second-order valence-electron chi connectivity index (χ2n) is 4.29. The molecule has 1 nitrogen and oxygen atoms in total. The second kappa shape index (κ2) is 4.40. The fraction of sp³-hybridized carbons (Fsp3) is 0.583. The molecule has 1 aromatic rings. The minimum absolute atomic E-state index is 0.584. The van der Waals surface area contributed by atoms with Gasteiger partial charge in [-0.1, -0.05) is 26.8 Å². The molecule has 72 valence electrons. The Hall–Kier alpha value is -0.850. The van der Waals surface area contributed by atoms with Crippen LogP contribution < -0.4 is 0 Å². The Morgan fingerprint density at radius 1 is 1.23 bits per heavy atom. The number of pyridine rings is 1. The highest BCUT2D eigenvalue weighted by Gasteiger charge is 2.08. The summed E-state index contributed by atoms with van der Waals surface area (Å²) in [6.45, 7) is 8.83. The van der Waals surface area contributed by atoms with Crippen LogP contribution >= 0.6 is 0 Å². The summed E-state index contributed by atoms with van der Waals surface area (Å²) in [7, 11) is 0. The molecule has 1 rings (SSSR count). The van der Waals surface area contributed by atoms with E-state index in [1.165, 1.54) is 17.7 Å². The van der Waals surface area contributed by atoms with Gasteiger partial charge in [-0.05, 0) is 36.8 Å². The zero-order valence-electron chi connectivity index (χ0n) is 9.04. The van der Waals surface area contributed by atoms with E-state index in [0.29, 0.717) is 5.92 Å². The topological polar surface area (TPSA) is 12.9 Å². The predicted molar refractivity (Wildman–Crippen MR) is 56.8 cm³/mol. The molecule has 0 N–H and O–H groups in total. The minimum Gasteiger partial charge on any atom is -0.261 e. The van der Waals surface area contributed by atoms with E-state index in [4.69, 9.17) is 0 Å². The van der Waals surface area contributed by atoms with Gasteiger partial charge in [-0.15, -0.1) is 0 Å². The first-order valence-electron chi connectivity index (χ1n) is 5.02. The van der Waals surface area contributed by atoms with Crippen molar-refractivity contribution in [3.63, 3.8) is 0 Å². The van der Waals surface area contributed by atoms with Gasteiger partial charge in [0.1, 0.15) is 0 Å². The summed E-state index contributed by atoms with van der Waals surface area (Å²) in [4.78, 5) is 4.43. The summed E-state index contributed by atoms with van der Waals surface area (Å²) in [6.07, 6.45) is 3.17. The van der Waals surface area contributed by atoms with Crippen molar-refractivity contribution in [2.75, 3.05) is 0 Å². The lowest BCUT2D eigenvalue weighted by atomic mass is 9.95. The van der Waals surface area contributed by atoms with Crippen molar-refractivity contribution in [3.05, 3.63) is 29.6 Å². The van der Waals surface area contributed by atoms with Crippen molar-refractivity contribution in [3.8, 4) is 0 Å². The van der Waals surface area contributed by atoms with Crippen LogP contribution in [0, 0.1) is 12.8 Å². The molecule has 0 amide bonds. The smallest absolute Gasteiger partial charge is 0.0432 e. The van der Waals surface area contributed by atoms with Crippen molar-refractivity contribution in [1.82, 2.24) is 4.98 Å². The molecular formula is C12H19N. The van der Waals surface area contributed by atoms with Crippen LogP contribution in [0.2, 0.25) is 0 Å². The third-order valence-corrected chi connectivity index (χ3v) is 2.26. The van der Waals surface area contributed by atoms with Gasteiger partial charge in [0.2, 0.25) is 0 Å². The lowest BCUT2D eigenvalue weighted by Gasteiger charge is -2.13. The first-order valence-corrected chi connectivity index (χ1v) is 5.02. The molecule has 0 aromatic carbocycles. The zero-order chi connectivity index (χ0) is 9.84. The van der Waals surface area contributed by atoms with E-state index in [-0.39, 0.29) is 0 Å². The third-order valence-electron chi connectivity index (χ3n) is 2.26. The van der Waals surface area contributed by atoms with Gasteiger partial charge in [-0.25, -0.2) is 0 Å². The van der Waals surface area contributed by atoms with E-state index >= 15 is 0 Å². The quantitative estimate of drug-likeness (QED) is 0.688. The number of hydrogen-bond acceptors (Lipinski definition) is 1. The number of rotatable bonds is 3. The van der Waals surface area contributed by atoms with Crippen LogP contribution in [0.3, 0.4) is 0 Å². The van der Waals surface area contributed by atoms with Gasteiger partial charge in [0.25, 0.3) is 0 Å². The van der Waals surface area contributed by atoms with Gasteiger partial charge in [-0.3, -0.25) is 4.98 Å². The average molecular weight is 177 g/mol. The maximum absolute atomic E-state index is 4.43. The van der Waals surface area contributed by atoms with E-state index in [9.17, 15) is 0 Å². The Morgan fingerprint density at radius 3 is 2.38 bits per heavy atom. The maximum Gasteiger partial charge on any atom is 0.0432 e. The van der Waals surface area contributed by atoms with Gasteiger partial charge in [0, 0.05) is 11.9 Å². The van der Waals surface area contributed by atoms with Crippen LogP contribution in [0.25, 0.3) is 0 Å². The Kier molecular flexibility index (Phi) is 3.47. The highest BCUT2D eigenvalue weighted by atomic mass is 14.7. The number of hydrogen-bond donors (Lipinski definition) is 0. The highest BCUT2D eigenvalue weighted by molar-refractivity contribution is 5.14. The summed E-state index contributed by atoms with van der Waals surface area (Å²) in [5, 5.41) is 0. The first-order chi connectivity index (χ1) is 6.09. The van der Waals surface area contributed by atoms with Gasteiger partial charge >= 0.3 is 0 Å². The van der Waals surface area contributed by atoms with Crippen LogP contribution in [-0.2, 0) is 0 Å². The SMILES string of the molecule is Cc1ccc(C(C)CC(C)C)nc1. The largest absolute Gasteiger partial charge is 0.261 e. The Morgan fingerprint density at radius 2 is 1.92 bits per heavy atom. The number of aromatic nitrogens is 1. The Balaban J connectivity index is 2.66. The summed E-state index contributed by atoms with van der Waals surface area (Å²) >= 11 is 0. The summed E-state index contributed by atoms with van der Waals surface area (Å²) in [6, 6.07) is 4.28. The van der Waals surface area contributed by atoms with Crippen molar-refractivity contribution in [1.29, 1.82) is 0 Å². The molecule has 0 spiro atoms. The Labute approximate surface area is 81.2 Å². The molecule has 1 heteroatoms. The van der Waals surface area contributed by atoms with Crippen LogP contribution in [0.4, 0.5) is 0 Å². The van der Waals surface area contributed by atoms with Crippen molar-refractivity contribution in [2.24, 2.45) is 5.92 Å². The molecule has 1 aromatic heterocycles. The molecule has 1 atom stereocenters. The van der Waals surface area contributed by atoms with Crippen LogP contribution in [0.15, 0.2) is 18.3 Å². The average Bonchev–Trinajstić information content (AvgIpc) is 2.04. The predicted octanol–water partition coefficient (Wildman–Crippen LogP) is 3.54. The molecule has 0 aliphatic rings. The molecule has 0 saturated carbocycles. The van der Waals surface area contributed by atoms with E-state index in [0.717, 1.165) is 5.92 Å². The molecular weight excluding hydrogens is 158 g/mol. The minimum atomic E-state index is 0.584.